The standard InChI is InChI=1S/C19H18N4O3/c1-13(15-8-4-3-5-9-15)22-26-12-18-20-17-11-7-6-10-16(17)19(25)23(18)21-14(2)24/h3-11H,12H2,1-2H3,(H,21,24)/b22-13+. The third kappa shape index (κ3) is 3.77. The van der Waals surface area contributed by atoms with Gasteiger partial charge in [0.25, 0.3) is 5.56 Å². The molecule has 0 fully saturated rings. The Labute approximate surface area is 149 Å². The van der Waals surface area contributed by atoms with Crippen LogP contribution >= 0.6 is 0 Å². The molecule has 1 heterocycles. The van der Waals surface area contributed by atoms with Gasteiger partial charge in [0.2, 0.25) is 5.91 Å². The summed E-state index contributed by atoms with van der Waals surface area (Å²) in [6.07, 6.45) is 0. The average molecular weight is 350 g/mol. The summed E-state index contributed by atoms with van der Waals surface area (Å²) >= 11 is 0. The Balaban J connectivity index is 1.91. The highest BCUT2D eigenvalue weighted by atomic mass is 16.6. The number of rotatable bonds is 5. The van der Waals surface area contributed by atoms with Crippen LogP contribution in [0.5, 0.6) is 0 Å². The van der Waals surface area contributed by atoms with E-state index in [2.05, 4.69) is 15.6 Å². The topological polar surface area (TPSA) is 85.6 Å². The molecule has 0 saturated carbocycles. The molecule has 1 aromatic heterocycles. The van der Waals surface area contributed by atoms with E-state index in [1.165, 1.54) is 6.92 Å². The third-order valence-corrected chi connectivity index (χ3v) is 3.70. The van der Waals surface area contributed by atoms with Crippen LogP contribution in [0.15, 0.2) is 64.5 Å². The summed E-state index contributed by atoms with van der Waals surface area (Å²) in [5, 5.41) is 4.48. The van der Waals surface area contributed by atoms with Crippen molar-refractivity contribution in [1.82, 2.24) is 9.66 Å². The summed E-state index contributed by atoms with van der Waals surface area (Å²) in [5.41, 5.74) is 4.26. The van der Waals surface area contributed by atoms with E-state index in [0.717, 1.165) is 10.2 Å². The van der Waals surface area contributed by atoms with Gasteiger partial charge in [-0.15, -0.1) is 0 Å². The molecule has 7 nitrogen and oxygen atoms in total. The predicted octanol–water partition coefficient (Wildman–Crippen LogP) is 2.43. The van der Waals surface area contributed by atoms with Gasteiger partial charge in [-0.1, -0.05) is 47.6 Å². The molecule has 1 N–H and O–H groups in total. The summed E-state index contributed by atoms with van der Waals surface area (Å²) in [5.74, 6) is -0.122. The van der Waals surface area contributed by atoms with E-state index in [1.807, 2.05) is 37.3 Å². The quantitative estimate of drug-likeness (QED) is 0.566. The van der Waals surface area contributed by atoms with Crippen LogP contribution < -0.4 is 11.0 Å². The number of fused-ring (bicyclic) bond motifs is 1. The Morgan fingerprint density at radius 1 is 1.12 bits per heavy atom. The average Bonchev–Trinajstić information content (AvgIpc) is 2.65. The highest BCUT2D eigenvalue weighted by molar-refractivity contribution is 5.98. The molecule has 0 saturated heterocycles. The summed E-state index contributed by atoms with van der Waals surface area (Å²) in [4.78, 5) is 33.9. The van der Waals surface area contributed by atoms with E-state index in [0.29, 0.717) is 16.6 Å². The molecule has 2 aromatic carbocycles. The molecule has 0 bridgehead atoms. The zero-order valence-electron chi connectivity index (χ0n) is 14.5. The molecule has 1 amide bonds. The van der Waals surface area contributed by atoms with E-state index in [9.17, 15) is 9.59 Å². The Morgan fingerprint density at radius 3 is 2.54 bits per heavy atom. The number of nitrogens with one attached hydrogen (secondary N) is 1. The second kappa shape index (κ2) is 7.60. The van der Waals surface area contributed by atoms with Crippen molar-refractivity contribution in [3.63, 3.8) is 0 Å². The molecule has 3 rings (SSSR count). The largest absolute Gasteiger partial charge is 0.387 e. The van der Waals surface area contributed by atoms with Crippen molar-refractivity contribution in [2.45, 2.75) is 20.5 Å². The number of hydrogen-bond acceptors (Lipinski definition) is 5. The number of carbonyl (C=O) groups excluding carboxylic acids is 1. The first kappa shape index (κ1) is 17.3. The maximum Gasteiger partial charge on any atom is 0.280 e. The first-order valence-corrected chi connectivity index (χ1v) is 8.06. The van der Waals surface area contributed by atoms with Crippen molar-refractivity contribution in [2.75, 3.05) is 5.43 Å². The van der Waals surface area contributed by atoms with Gasteiger partial charge in [-0.2, -0.15) is 4.68 Å². The summed E-state index contributed by atoms with van der Waals surface area (Å²) < 4.78 is 1.10. The normalized spacial score (nSPS) is 11.4. The zero-order chi connectivity index (χ0) is 18.5. The molecule has 3 aromatic rings. The molecular weight excluding hydrogens is 332 g/mol. The van der Waals surface area contributed by atoms with E-state index in [-0.39, 0.29) is 23.9 Å². The number of amides is 1. The lowest BCUT2D eigenvalue weighted by molar-refractivity contribution is -0.115. The van der Waals surface area contributed by atoms with E-state index in [4.69, 9.17) is 4.84 Å². The molecule has 0 radical (unpaired) electrons. The second-order valence-corrected chi connectivity index (χ2v) is 5.67. The first-order valence-electron chi connectivity index (χ1n) is 8.06. The highest BCUT2D eigenvalue weighted by Crippen LogP contribution is 2.09. The molecular formula is C19H18N4O3. The monoisotopic (exact) mass is 350 g/mol. The molecule has 26 heavy (non-hydrogen) atoms. The van der Waals surface area contributed by atoms with Crippen molar-refractivity contribution in [2.24, 2.45) is 5.16 Å². The second-order valence-electron chi connectivity index (χ2n) is 5.67. The fourth-order valence-corrected chi connectivity index (χ4v) is 2.47. The summed E-state index contributed by atoms with van der Waals surface area (Å²) in [6.45, 7) is 3.08. The van der Waals surface area contributed by atoms with Crippen molar-refractivity contribution < 1.29 is 9.63 Å². The molecule has 0 aliphatic rings. The van der Waals surface area contributed by atoms with Gasteiger partial charge in [0.15, 0.2) is 12.4 Å². The van der Waals surface area contributed by atoms with E-state index in [1.54, 1.807) is 24.3 Å². The van der Waals surface area contributed by atoms with E-state index < -0.39 is 0 Å². The summed E-state index contributed by atoms with van der Waals surface area (Å²) in [6, 6.07) is 16.5. The number of hydrogen-bond donors (Lipinski definition) is 1. The number of aromatic nitrogens is 2. The van der Waals surface area contributed by atoms with Gasteiger partial charge in [-0.25, -0.2) is 4.98 Å². The lowest BCUT2D eigenvalue weighted by atomic mass is 10.1. The minimum atomic E-state index is -0.380. The zero-order valence-corrected chi connectivity index (χ0v) is 14.5. The minimum absolute atomic E-state index is 0.0650. The Bertz CT molecular complexity index is 1030. The Kier molecular flexibility index (Phi) is 5.07. The van der Waals surface area contributed by atoms with Gasteiger partial charge in [0, 0.05) is 6.92 Å². The van der Waals surface area contributed by atoms with E-state index >= 15 is 0 Å². The van der Waals surface area contributed by atoms with Gasteiger partial charge in [-0.3, -0.25) is 15.0 Å². The van der Waals surface area contributed by atoms with Gasteiger partial charge in [0.1, 0.15) is 0 Å². The van der Waals surface area contributed by atoms with Crippen LogP contribution in [0.4, 0.5) is 0 Å². The van der Waals surface area contributed by atoms with Gasteiger partial charge < -0.3 is 4.84 Å². The lowest BCUT2D eigenvalue weighted by Gasteiger charge is -2.12. The first-order chi connectivity index (χ1) is 12.6. The summed E-state index contributed by atoms with van der Waals surface area (Å²) in [7, 11) is 0. The maximum atomic E-state index is 12.6. The van der Waals surface area contributed by atoms with Crippen LogP contribution in [0, 0.1) is 0 Å². The fourth-order valence-electron chi connectivity index (χ4n) is 2.47. The minimum Gasteiger partial charge on any atom is -0.387 e. The predicted molar refractivity (Wildman–Crippen MR) is 99.5 cm³/mol. The number of benzene rings is 2. The Hall–Kier alpha value is -3.48. The fraction of sp³-hybridized carbons (Fsp3) is 0.158. The van der Waals surface area contributed by atoms with Crippen LogP contribution in [-0.2, 0) is 16.2 Å². The molecule has 0 aliphatic heterocycles. The molecule has 7 heteroatoms. The van der Waals surface area contributed by atoms with Crippen LogP contribution in [0.3, 0.4) is 0 Å². The van der Waals surface area contributed by atoms with Crippen molar-refractivity contribution in [1.29, 1.82) is 0 Å². The highest BCUT2D eigenvalue weighted by Gasteiger charge is 2.12. The van der Waals surface area contributed by atoms with Crippen LogP contribution in [-0.4, -0.2) is 21.3 Å². The van der Waals surface area contributed by atoms with Gasteiger partial charge >= 0.3 is 0 Å². The van der Waals surface area contributed by atoms with Crippen molar-refractivity contribution >= 4 is 22.5 Å². The van der Waals surface area contributed by atoms with Gasteiger partial charge in [0.05, 0.1) is 16.6 Å². The third-order valence-electron chi connectivity index (χ3n) is 3.70. The van der Waals surface area contributed by atoms with Gasteiger partial charge in [-0.05, 0) is 24.6 Å². The molecule has 0 unspecified atom stereocenters. The number of para-hydroxylation sites is 1. The number of carbonyl (C=O) groups is 1. The van der Waals surface area contributed by atoms with Crippen molar-refractivity contribution in [3.05, 3.63) is 76.3 Å². The van der Waals surface area contributed by atoms with Crippen LogP contribution in [0.25, 0.3) is 10.9 Å². The molecule has 0 spiro atoms. The molecule has 0 aliphatic carbocycles. The lowest BCUT2D eigenvalue weighted by Crippen LogP contribution is -2.35. The van der Waals surface area contributed by atoms with Crippen molar-refractivity contribution in [3.8, 4) is 0 Å². The Morgan fingerprint density at radius 2 is 1.81 bits per heavy atom. The molecule has 132 valence electrons. The smallest absolute Gasteiger partial charge is 0.280 e. The van der Waals surface area contributed by atoms with Crippen LogP contribution in [0.1, 0.15) is 25.2 Å². The number of oxime groups is 1. The van der Waals surface area contributed by atoms with Crippen LogP contribution in [0.2, 0.25) is 0 Å². The maximum absolute atomic E-state index is 12.6. The number of nitrogens with zero attached hydrogens (tertiary/aromatic N) is 3. The molecule has 0 atom stereocenters. The SMILES string of the molecule is CC(=O)Nn1c(CO/N=C(\C)c2ccccc2)nc2ccccc2c1=O.